The summed E-state index contributed by atoms with van der Waals surface area (Å²) in [6.45, 7) is 4.75. The zero-order valence-electron chi connectivity index (χ0n) is 9.32. The van der Waals surface area contributed by atoms with Crippen molar-refractivity contribution >= 4 is 6.29 Å². The Morgan fingerprint density at radius 3 is 2.87 bits per heavy atom. The van der Waals surface area contributed by atoms with E-state index in [0.29, 0.717) is 18.1 Å². The number of unbranched alkanes of at least 4 members (excludes halogenated alkanes) is 2. The van der Waals surface area contributed by atoms with Gasteiger partial charge in [0, 0.05) is 17.3 Å². The third-order valence-electron chi connectivity index (χ3n) is 2.17. The summed E-state index contributed by atoms with van der Waals surface area (Å²) in [5.41, 5.74) is 1.50. The molecular weight excluding hydrogens is 190 g/mol. The first-order valence-electron chi connectivity index (χ1n) is 5.32. The molecule has 0 N–H and O–H groups in total. The standard InChI is InChI=1S/C12H17NO2/c1-3-4-5-6-15-12-10(2)7-11(9-14)8-13-12/h7-9H,3-6H2,1-2H3. The van der Waals surface area contributed by atoms with Crippen LogP contribution in [-0.2, 0) is 0 Å². The molecule has 0 spiro atoms. The third-order valence-corrected chi connectivity index (χ3v) is 2.17. The van der Waals surface area contributed by atoms with Gasteiger partial charge in [-0.2, -0.15) is 0 Å². The number of ether oxygens (including phenoxy) is 1. The van der Waals surface area contributed by atoms with Gasteiger partial charge in [-0.25, -0.2) is 4.98 Å². The maximum atomic E-state index is 10.5. The Morgan fingerprint density at radius 2 is 2.27 bits per heavy atom. The van der Waals surface area contributed by atoms with Gasteiger partial charge in [0.1, 0.15) is 0 Å². The van der Waals surface area contributed by atoms with Gasteiger partial charge in [-0.05, 0) is 19.4 Å². The molecule has 1 rings (SSSR count). The number of pyridine rings is 1. The van der Waals surface area contributed by atoms with Crippen molar-refractivity contribution in [2.45, 2.75) is 33.1 Å². The van der Waals surface area contributed by atoms with Gasteiger partial charge in [0.2, 0.25) is 5.88 Å². The number of carbonyl (C=O) groups excluding carboxylic acids is 1. The summed E-state index contributed by atoms with van der Waals surface area (Å²) in [5, 5.41) is 0. The Balaban J connectivity index is 2.50. The highest BCUT2D eigenvalue weighted by Crippen LogP contribution is 2.14. The Hall–Kier alpha value is -1.38. The van der Waals surface area contributed by atoms with Crippen LogP contribution in [0, 0.1) is 6.92 Å². The average Bonchev–Trinajstić information content (AvgIpc) is 2.26. The summed E-state index contributed by atoms with van der Waals surface area (Å²) in [6, 6.07) is 1.79. The minimum absolute atomic E-state index is 0.591. The molecule has 0 aromatic carbocycles. The van der Waals surface area contributed by atoms with E-state index in [-0.39, 0.29) is 0 Å². The number of hydrogen-bond acceptors (Lipinski definition) is 3. The summed E-state index contributed by atoms with van der Waals surface area (Å²) >= 11 is 0. The van der Waals surface area contributed by atoms with Crippen LogP contribution in [0.4, 0.5) is 0 Å². The average molecular weight is 207 g/mol. The van der Waals surface area contributed by atoms with Crippen molar-refractivity contribution < 1.29 is 9.53 Å². The number of nitrogens with zero attached hydrogens (tertiary/aromatic N) is 1. The second-order valence-electron chi connectivity index (χ2n) is 3.56. The van der Waals surface area contributed by atoms with Crippen LogP contribution in [0.1, 0.15) is 42.1 Å². The topological polar surface area (TPSA) is 39.2 Å². The van der Waals surface area contributed by atoms with Crippen LogP contribution in [0.25, 0.3) is 0 Å². The highest BCUT2D eigenvalue weighted by atomic mass is 16.5. The lowest BCUT2D eigenvalue weighted by Gasteiger charge is -2.07. The number of rotatable bonds is 6. The van der Waals surface area contributed by atoms with E-state index in [1.54, 1.807) is 6.07 Å². The molecule has 0 aliphatic rings. The van der Waals surface area contributed by atoms with Crippen molar-refractivity contribution in [1.29, 1.82) is 0 Å². The smallest absolute Gasteiger partial charge is 0.216 e. The van der Waals surface area contributed by atoms with Gasteiger partial charge in [-0.3, -0.25) is 4.79 Å². The van der Waals surface area contributed by atoms with Crippen molar-refractivity contribution in [1.82, 2.24) is 4.98 Å². The maximum absolute atomic E-state index is 10.5. The number of hydrogen-bond donors (Lipinski definition) is 0. The number of aromatic nitrogens is 1. The fraction of sp³-hybridized carbons (Fsp3) is 0.500. The molecule has 1 aromatic heterocycles. The van der Waals surface area contributed by atoms with E-state index in [1.165, 1.54) is 19.0 Å². The third kappa shape index (κ3) is 3.70. The zero-order valence-corrected chi connectivity index (χ0v) is 9.32. The molecule has 15 heavy (non-hydrogen) atoms. The van der Waals surface area contributed by atoms with Crippen LogP contribution >= 0.6 is 0 Å². The van der Waals surface area contributed by atoms with Gasteiger partial charge in [-0.15, -0.1) is 0 Å². The van der Waals surface area contributed by atoms with E-state index in [1.807, 2.05) is 6.92 Å². The van der Waals surface area contributed by atoms with E-state index < -0.39 is 0 Å². The lowest BCUT2D eigenvalue weighted by molar-refractivity contribution is 0.112. The van der Waals surface area contributed by atoms with E-state index in [4.69, 9.17) is 4.74 Å². The molecule has 0 aliphatic heterocycles. The fourth-order valence-electron chi connectivity index (χ4n) is 1.32. The maximum Gasteiger partial charge on any atom is 0.216 e. The second kappa shape index (κ2) is 6.17. The predicted octanol–water partition coefficient (Wildman–Crippen LogP) is 2.77. The lowest BCUT2D eigenvalue weighted by Crippen LogP contribution is -2.01. The first-order chi connectivity index (χ1) is 7.27. The highest BCUT2D eigenvalue weighted by molar-refractivity contribution is 5.74. The Kier molecular flexibility index (Phi) is 4.81. The monoisotopic (exact) mass is 207 g/mol. The van der Waals surface area contributed by atoms with Gasteiger partial charge in [0.25, 0.3) is 0 Å². The molecule has 3 nitrogen and oxygen atoms in total. The van der Waals surface area contributed by atoms with Crippen LogP contribution < -0.4 is 4.74 Å². The van der Waals surface area contributed by atoms with Crippen molar-refractivity contribution in [3.63, 3.8) is 0 Å². The van der Waals surface area contributed by atoms with E-state index in [2.05, 4.69) is 11.9 Å². The van der Waals surface area contributed by atoms with Gasteiger partial charge < -0.3 is 4.74 Å². The molecule has 0 bridgehead atoms. The zero-order chi connectivity index (χ0) is 11.1. The molecule has 0 amide bonds. The SMILES string of the molecule is CCCCCOc1ncc(C=O)cc1C. The van der Waals surface area contributed by atoms with Gasteiger partial charge in [0.15, 0.2) is 6.29 Å². The molecule has 0 radical (unpaired) electrons. The first-order valence-corrected chi connectivity index (χ1v) is 5.32. The number of aldehydes is 1. The molecule has 0 unspecified atom stereocenters. The summed E-state index contributed by atoms with van der Waals surface area (Å²) in [4.78, 5) is 14.6. The molecule has 0 atom stereocenters. The molecule has 82 valence electrons. The van der Waals surface area contributed by atoms with Crippen LogP contribution in [0.15, 0.2) is 12.3 Å². The van der Waals surface area contributed by atoms with Crippen LogP contribution in [0.2, 0.25) is 0 Å². The molecule has 1 heterocycles. The molecule has 0 fully saturated rings. The van der Waals surface area contributed by atoms with Crippen molar-refractivity contribution in [2.75, 3.05) is 6.61 Å². The molecule has 0 saturated carbocycles. The van der Waals surface area contributed by atoms with Crippen molar-refractivity contribution in [3.05, 3.63) is 23.4 Å². The molecular formula is C12H17NO2. The highest BCUT2D eigenvalue weighted by Gasteiger charge is 2.01. The Labute approximate surface area is 90.5 Å². The number of carbonyl (C=O) groups is 1. The quantitative estimate of drug-likeness (QED) is 0.532. The summed E-state index contributed by atoms with van der Waals surface area (Å²) in [5.74, 6) is 0.636. The number of aryl methyl sites for hydroxylation is 1. The van der Waals surface area contributed by atoms with Gasteiger partial charge >= 0.3 is 0 Å². The van der Waals surface area contributed by atoms with E-state index in [9.17, 15) is 4.79 Å². The Morgan fingerprint density at radius 1 is 1.47 bits per heavy atom. The van der Waals surface area contributed by atoms with Crippen LogP contribution in [0.3, 0.4) is 0 Å². The second-order valence-corrected chi connectivity index (χ2v) is 3.56. The molecule has 0 saturated heterocycles. The van der Waals surface area contributed by atoms with Gasteiger partial charge in [0.05, 0.1) is 6.61 Å². The minimum Gasteiger partial charge on any atom is -0.477 e. The van der Waals surface area contributed by atoms with Crippen LogP contribution in [0.5, 0.6) is 5.88 Å². The van der Waals surface area contributed by atoms with E-state index in [0.717, 1.165) is 18.3 Å². The largest absolute Gasteiger partial charge is 0.477 e. The first kappa shape index (κ1) is 11.7. The lowest BCUT2D eigenvalue weighted by atomic mass is 10.2. The molecule has 1 aromatic rings. The van der Waals surface area contributed by atoms with Gasteiger partial charge in [-0.1, -0.05) is 19.8 Å². The summed E-state index contributed by atoms with van der Waals surface area (Å²) < 4.78 is 5.51. The minimum atomic E-state index is 0.591. The summed E-state index contributed by atoms with van der Waals surface area (Å²) in [7, 11) is 0. The van der Waals surface area contributed by atoms with Crippen LogP contribution in [-0.4, -0.2) is 17.9 Å². The Bertz CT molecular complexity index is 323. The fourth-order valence-corrected chi connectivity index (χ4v) is 1.32. The van der Waals surface area contributed by atoms with E-state index >= 15 is 0 Å². The molecule has 0 aliphatic carbocycles. The normalized spacial score (nSPS) is 10.0. The molecule has 3 heteroatoms. The van der Waals surface area contributed by atoms with Crippen molar-refractivity contribution in [2.24, 2.45) is 0 Å². The summed E-state index contributed by atoms with van der Waals surface area (Å²) in [6.07, 6.45) is 5.73. The predicted molar refractivity (Wildman–Crippen MR) is 59.4 cm³/mol. The van der Waals surface area contributed by atoms with Crippen molar-refractivity contribution in [3.8, 4) is 5.88 Å².